The zero-order valence-electron chi connectivity index (χ0n) is 20.4. The Bertz CT molecular complexity index is 1220. The van der Waals surface area contributed by atoms with Crippen molar-refractivity contribution in [1.29, 1.82) is 0 Å². The summed E-state index contributed by atoms with van der Waals surface area (Å²) in [6.45, 7) is 1.62. The van der Waals surface area contributed by atoms with E-state index in [0.29, 0.717) is 34.2 Å². The van der Waals surface area contributed by atoms with Gasteiger partial charge < -0.3 is 19.3 Å². The molecular weight excluding hydrogens is 576 g/mol. The van der Waals surface area contributed by atoms with E-state index < -0.39 is 6.10 Å². The van der Waals surface area contributed by atoms with Gasteiger partial charge in [0.15, 0.2) is 6.10 Å². The first-order valence-corrected chi connectivity index (χ1v) is 12.9. The molecule has 0 aliphatic heterocycles. The van der Waals surface area contributed by atoms with Crippen molar-refractivity contribution in [3.05, 3.63) is 75.4 Å². The summed E-state index contributed by atoms with van der Waals surface area (Å²) in [5, 5.41) is 10.1. The van der Waals surface area contributed by atoms with E-state index in [0.717, 1.165) is 22.0 Å². The van der Waals surface area contributed by atoms with Crippen molar-refractivity contribution in [1.82, 2.24) is 4.98 Å². The molecule has 1 saturated carbocycles. The quantitative estimate of drug-likeness (QED) is 0.229. The van der Waals surface area contributed by atoms with Crippen LogP contribution in [0.4, 0.5) is 4.39 Å². The van der Waals surface area contributed by atoms with Crippen LogP contribution in [0.2, 0.25) is 0 Å². The van der Waals surface area contributed by atoms with Crippen molar-refractivity contribution >= 4 is 28.6 Å². The van der Waals surface area contributed by atoms with Crippen LogP contribution in [0.25, 0.3) is 11.1 Å². The number of carbonyl (C=O) groups is 1. The van der Waals surface area contributed by atoms with Crippen LogP contribution in [-0.2, 0) is 9.53 Å². The topological polar surface area (TPSA) is 77.9 Å². The highest BCUT2D eigenvalue weighted by molar-refractivity contribution is 14.1. The summed E-state index contributed by atoms with van der Waals surface area (Å²) >= 11 is 2.19. The van der Waals surface area contributed by atoms with E-state index in [2.05, 4.69) is 27.6 Å². The Kier molecular flexibility index (Phi) is 8.46. The van der Waals surface area contributed by atoms with Gasteiger partial charge in [-0.3, -0.25) is 9.78 Å². The fourth-order valence-electron chi connectivity index (χ4n) is 4.53. The summed E-state index contributed by atoms with van der Waals surface area (Å²) in [5.41, 5.74) is 2.50. The maximum Gasteiger partial charge on any atom is 0.309 e. The predicted octanol–water partition coefficient (Wildman–Crippen LogP) is 5.92. The number of benzene rings is 2. The van der Waals surface area contributed by atoms with Crippen LogP contribution in [-0.4, -0.2) is 36.9 Å². The Balaban J connectivity index is 1.57. The van der Waals surface area contributed by atoms with Crippen LogP contribution in [0, 0.1) is 21.2 Å². The van der Waals surface area contributed by atoms with Crippen LogP contribution in [0.3, 0.4) is 0 Å². The zero-order valence-corrected chi connectivity index (χ0v) is 22.6. The molecule has 190 valence electrons. The molecule has 0 radical (unpaired) electrons. The van der Waals surface area contributed by atoms with E-state index in [9.17, 15) is 14.3 Å². The Morgan fingerprint density at radius 1 is 1.17 bits per heavy atom. The van der Waals surface area contributed by atoms with Crippen LogP contribution in [0.15, 0.2) is 54.7 Å². The van der Waals surface area contributed by atoms with E-state index in [1.165, 1.54) is 20.3 Å². The minimum atomic E-state index is -0.713. The number of pyridine rings is 1. The summed E-state index contributed by atoms with van der Waals surface area (Å²) in [4.78, 5) is 16.7. The number of esters is 1. The number of aliphatic hydroxyl groups excluding tert-OH is 1. The number of aromatic nitrogens is 1. The number of hydrogen-bond acceptors (Lipinski definition) is 6. The van der Waals surface area contributed by atoms with Crippen LogP contribution in [0.5, 0.6) is 11.5 Å². The monoisotopic (exact) mass is 605 g/mol. The van der Waals surface area contributed by atoms with Gasteiger partial charge in [-0.25, -0.2) is 4.39 Å². The Morgan fingerprint density at radius 3 is 2.56 bits per heavy atom. The number of nitrogens with zero attached hydrogens (tertiary/aromatic N) is 1. The van der Waals surface area contributed by atoms with Crippen LogP contribution < -0.4 is 9.47 Å². The van der Waals surface area contributed by atoms with Gasteiger partial charge in [-0.05, 0) is 89.2 Å². The summed E-state index contributed by atoms with van der Waals surface area (Å²) in [5.74, 6) is 0.768. The molecule has 0 amide bonds. The van der Waals surface area contributed by atoms with Gasteiger partial charge in [-0.1, -0.05) is 19.1 Å². The molecule has 1 heterocycles. The second kappa shape index (κ2) is 11.6. The number of hydrogen-bond donors (Lipinski definition) is 1. The lowest BCUT2D eigenvalue weighted by Crippen LogP contribution is -2.22. The molecule has 1 fully saturated rings. The molecule has 4 rings (SSSR count). The standard InChI is InChI=1S/C28H29FINO5/c1-16(28(33)35-3)27(17-4-5-17)18-6-10-23(30)25(12-18)36-26(15-32)24-11-7-19(14-31-24)21-13-20(34-2)8-9-22(21)29/h6-14,16-17,26-27,32H,4-5,15H2,1-3H3/t16-,26?,27?/m0/s1. The van der Waals surface area contributed by atoms with Crippen molar-refractivity contribution in [3.63, 3.8) is 0 Å². The highest BCUT2D eigenvalue weighted by Gasteiger charge is 2.39. The lowest BCUT2D eigenvalue weighted by Gasteiger charge is -2.24. The van der Waals surface area contributed by atoms with E-state index in [4.69, 9.17) is 14.2 Å². The Labute approximate surface area is 223 Å². The van der Waals surface area contributed by atoms with E-state index in [1.807, 2.05) is 25.1 Å². The minimum Gasteiger partial charge on any atom is -0.497 e. The van der Waals surface area contributed by atoms with Crippen molar-refractivity contribution in [3.8, 4) is 22.6 Å². The number of methoxy groups -OCH3 is 2. The number of rotatable bonds is 10. The molecule has 8 heteroatoms. The average Bonchev–Trinajstić information content (AvgIpc) is 3.74. The lowest BCUT2D eigenvalue weighted by atomic mass is 9.83. The van der Waals surface area contributed by atoms with Gasteiger partial charge in [0.25, 0.3) is 0 Å². The van der Waals surface area contributed by atoms with Crippen molar-refractivity contribution < 1.29 is 28.5 Å². The Morgan fingerprint density at radius 2 is 1.94 bits per heavy atom. The van der Waals surface area contributed by atoms with Gasteiger partial charge in [0, 0.05) is 17.3 Å². The first kappa shape index (κ1) is 26.3. The van der Waals surface area contributed by atoms with Gasteiger partial charge in [0.05, 0.1) is 36.0 Å². The molecule has 36 heavy (non-hydrogen) atoms. The Hall–Kier alpha value is -2.72. The zero-order chi connectivity index (χ0) is 25.8. The molecule has 1 aliphatic rings. The van der Waals surface area contributed by atoms with E-state index in [-0.39, 0.29) is 30.2 Å². The highest BCUT2D eigenvalue weighted by atomic mass is 127. The first-order valence-electron chi connectivity index (χ1n) is 11.8. The number of halogens is 2. The molecule has 3 aromatic rings. The number of aliphatic hydroxyl groups is 1. The van der Waals surface area contributed by atoms with Gasteiger partial charge in [-0.2, -0.15) is 0 Å². The van der Waals surface area contributed by atoms with Gasteiger partial charge in [-0.15, -0.1) is 0 Å². The highest BCUT2D eigenvalue weighted by Crippen LogP contribution is 2.48. The average molecular weight is 605 g/mol. The fraction of sp³-hybridized carbons (Fsp3) is 0.357. The van der Waals surface area contributed by atoms with Crippen molar-refractivity contribution in [2.24, 2.45) is 11.8 Å². The maximum atomic E-state index is 14.4. The third-order valence-corrected chi connectivity index (χ3v) is 7.51. The van der Waals surface area contributed by atoms with Gasteiger partial charge in [0.2, 0.25) is 0 Å². The molecule has 0 saturated heterocycles. The second-order valence-electron chi connectivity index (χ2n) is 8.97. The number of ether oxygens (including phenoxy) is 3. The summed E-state index contributed by atoms with van der Waals surface area (Å²) in [7, 11) is 2.94. The van der Waals surface area contributed by atoms with Crippen molar-refractivity contribution in [2.45, 2.75) is 31.8 Å². The smallest absolute Gasteiger partial charge is 0.309 e. The molecule has 6 nitrogen and oxygen atoms in total. The molecular formula is C28H29FINO5. The molecule has 1 aromatic heterocycles. The largest absolute Gasteiger partial charge is 0.497 e. The maximum absolute atomic E-state index is 14.4. The third-order valence-electron chi connectivity index (χ3n) is 6.62. The van der Waals surface area contributed by atoms with Crippen molar-refractivity contribution in [2.75, 3.05) is 20.8 Å². The summed E-state index contributed by atoms with van der Waals surface area (Å²) < 4.78 is 31.7. The fourth-order valence-corrected chi connectivity index (χ4v) is 4.99. The molecule has 3 atom stereocenters. The second-order valence-corrected chi connectivity index (χ2v) is 10.1. The van der Waals surface area contributed by atoms with Crippen LogP contribution >= 0.6 is 22.6 Å². The van der Waals surface area contributed by atoms with E-state index in [1.54, 1.807) is 30.5 Å². The van der Waals surface area contributed by atoms with Crippen LogP contribution in [0.1, 0.15) is 43.0 Å². The summed E-state index contributed by atoms with van der Waals surface area (Å²) in [6.07, 6.45) is 3.01. The summed E-state index contributed by atoms with van der Waals surface area (Å²) in [6, 6.07) is 13.9. The van der Waals surface area contributed by atoms with E-state index >= 15 is 0 Å². The molecule has 1 aliphatic carbocycles. The third kappa shape index (κ3) is 5.81. The normalized spacial score (nSPS) is 15.6. The SMILES string of the molecule is COC(=O)[C@@H](C)C(c1ccc(I)c(OC(CO)c2ccc(-c3cc(OC)ccc3F)cn2)c1)C1CC1. The predicted molar refractivity (Wildman–Crippen MR) is 142 cm³/mol. The first-order chi connectivity index (χ1) is 17.4. The molecule has 2 aromatic carbocycles. The molecule has 0 bridgehead atoms. The molecule has 2 unspecified atom stereocenters. The lowest BCUT2D eigenvalue weighted by molar-refractivity contribution is -0.145. The minimum absolute atomic E-state index is 0.0412. The molecule has 0 spiro atoms. The molecule has 1 N–H and O–H groups in total. The van der Waals surface area contributed by atoms with Gasteiger partial charge >= 0.3 is 5.97 Å². The van der Waals surface area contributed by atoms with Gasteiger partial charge in [0.1, 0.15) is 17.3 Å². The number of carbonyl (C=O) groups excluding carboxylic acids is 1.